The number of rotatable bonds is 4. The van der Waals surface area contributed by atoms with Crippen LogP contribution < -0.4 is 5.32 Å². The molecule has 3 aromatic rings. The number of amides is 1. The Labute approximate surface area is 121 Å². The van der Waals surface area contributed by atoms with Gasteiger partial charge in [-0.15, -0.1) is 0 Å². The van der Waals surface area contributed by atoms with Crippen LogP contribution in [-0.4, -0.2) is 25.4 Å². The van der Waals surface area contributed by atoms with Crippen molar-refractivity contribution in [2.45, 2.75) is 6.54 Å². The predicted octanol–water partition coefficient (Wildman–Crippen LogP) is 1.59. The molecule has 1 amide bonds. The van der Waals surface area contributed by atoms with Crippen LogP contribution in [0.1, 0.15) is 16.1 Å². The molecule has 1 N–H and O–H groups in total. The lowest BCUT2D eigenvalue weighted by molar-refractivity contribution is 0.0945. The van der Waals surface area contributed by atoms with Crippen molar-refractivity contribution in [2.75, 3.05) is 0 Å². The third kappa shape index (κ3) is 3.11. The van der Waals surface area contributed by atoms with E-state index in [2.05, 4.69) is 20.3 Å². The molecule has 0 radical (unpaired) electrons. The smallest absolute Gasteiger partial charge is 0.271 e. The van der Waals surface area contributed by atoms with Crippen molar-refractivity contribution in [2.24, 2.45) is 0 Å². The lowest BCUT2D eigenvalue weighted by Crippen LogP contribution is -2.24. The minimum atomic E-state index is -0.256. The maximum atomic E-state index is 12.1. The van der Waals surface area contributed by atoms with Crippen LogP contribution in [0.3, 0.4) is 0 Å². The van der Waals surface area contributed by atoms with Crippen molar-refractivity contribution in [3.63, 3.8) is 0 Å². The highest BCUT2D eigenvalue weighted by atomic mass is 16.1. The number of imidazole rings is 1. The first-order valence-electron chi connectivity index (χ1n) is 6.45. The van der Waals surface area contributed by atoms with Gasteiger partial charge in [0, 0.05) is 18.9 Å². The second-order valence-corrected chi connectivity index (χ2v) is 4.40. The molecule has 0 aliphatic rings. The molecule has 6 heteroatoms. The molecule has 2 aromatic heterocycles. The molecule has 0 atom stereocenters. The summed E-state index contributed by atoms with van der Waals surface area (Å²) in [5.41, 5.74) is 1.31. The van der Waals surface area contributed by atoms with E-state index in [1.165, 1.54) is 6.20 Å². The van der Waals surface area contributed by atoms with E-state index in [1.54, 1.807) is 29.5 Å². The Morgan fingerprint density at radius 2 is 2.00 bits per heavy atom. The predicted molar refractivity (Wildman–Crippen MR) is 76.8 cm³/mol. The van der Waals surface area contributed by atoms with Crippen LogP contribution in [0.25, 0.3) is 5.82 Å². The average Bonchev–Trinajstić information content (AvgIpc) is 3.08. The van der Waals surface area contributed by atoms with Crippen LogP contribution in [0.15, 0.2) is 61.4 Å². The number of hydrogen-bond donors (Lipinski definition) is 1. The van der Waals surface area contributed by atoms with Gasteiger partial charge in [-0.2, -0.15) is 0 Å². The van der Waals surface area contributed by atoms with E-state index >= 15 is 0 Å². The molecule has 0 aliphatic heterocycles. The van der Waals surface area contributed by atoms with Crippen LogP contribution in [0.4, 0.5) is 0 Å². The lowest BCUT2D eigenvalue weighted by Gasteiger charge is -2.06. The van der Waals surface area contributed by atoms with Gasteiger partial charge in [0.05, 0.1) is 12.4 Å². The summed E-state index contributed by atoms with van der Waals surface area (Å²) in [7, 11) is 0. The Bertz CT molecular complexity index is 725. The molecule has 0 saturated heterocycles. The van der Waals surface area contributed by atoms with E-state index in [-0.39, 0.29) is 11.6 Å². The molecule has 0 fully saturated rings. The average molecular weight is 279 g/mol. The van der Waals surface area contributed by atoms with Gasteiger partial charge in [0.25, 0.3) is 5.91 Å². The number of nitrogens with one attached hydrogen (secondary N) is 1. The third-order valence-corrected chi connectivity index (χ3v) is 2.92. The van der Waals surface area contributed by atoms with Gasteiger partial charge in [-0.1, -0.05) is 30.3 Å². The topological polar surface area (TPSA) is 72.7 Å². The molecule has 0 spiro atoms. The molecule has 6 nitrogen and oxygen atoms in total. The van der Waals surface area contributed by atoms with Gasteiger partial charge in [0.1, 0.15) is 12.0 Å². The van der Waals surface area contributed by atoms with Crippen molar-refractivity contribution in [3.05, 3.63) is 72.7 Å². The molecule has 104 valence electrons. The first kappa shape index (κ1) is 13.0. The Kier molecular flexibility index (Phi) is 3.68. The zero-order valence-electron chi connectivity index (χ0n) is 11.2. The SMILES string of the molecule is O=C(NCc1ccccc1)c1cncc(-n2ccnc2)n1. The van der Waals surface area contributed by atoms with Gasteiger partial charge < -0.3 is 5.32 Å². The van der Waals surface area contributed by atoms with Gasteiger partial charge in [0.2, 0.25) is 0 Å². The molecular weight excluding hydrogens is 266 g/mol. The first-order valence-corrected chi connectivity index (χ1v) is 6.45. The number of carbonyl (C=O) groups excluding carboxylic acids is 1. The van der Waals surface area contributed by atoms with Crippen molar-refractivity contribution >= 4 is 5.91 Å². The highest BCUT2D eigenvalue weighted by molar-refractivity contribution is 5.92. The molecule has 0 bridgehead atoms. The van der Waals surface area contributed by atoms with Gasteiger partial charge in [-0.05, 0) is 5.56 Å². The molecule has 0 aliphatic carbocycles. The van der Waals surface area contributed by atoms with E-state index in [0.29, 0.717) is 12.4 Å². The largest absolute Gasteiger partial charge is 0.347 e. The minimum Gasteiger partial charge on any atom is -0.347 e. The van der Waals surface area contributed by atoms with E-state index in [0.717, 1.165) is 5.56 Å². The van der Waals surface area contributed by atoms with Crippen LogP contribution in [0, 0.1) is 0 Å². The monoisotopic (exact) mass is 279 g/mol. The molecule has 1 aromatic carbocycles. The van der Waals surface area contributed by atoms with E-state index in [4.69, 9.17) is 0 Å². The highest BCUT2D eigenvalue weighted by Crippen LogP contribution is 2.04. The fourth-order valence-corrected chi connectivity index (χ4v) is 1.85. The lowest BCUT2D eigenvalue weighted by atomic mass is 10.2. The normalized spacial score (nSPS) is 10.3. The summed E-state index contributed by atoms with van der Waals surface area (Å²) in [4.78, 5) is 24.4. The Morgan fingerprint density at radius 1 is 1.14 bits per heavy atom. The van der Waals surface area contributed by atoms with Gasteiger partial charge in [-0.3, -0.25) is 14.3 Å². The number of aromatic nitrogens is 4. The molecule has 21 heavy (non-hydrogen) atoms. The van der Waals surface area contributed by atoms with Crippen LogP contribution >= 0.6 is 0 Å². The van der Waals surface area contributed by atoms with Crippen LogP contribution in [0.5, 0.6) is 0 Å². The zero-order chi connectivity index (χ0) is 14.5. The van der Waals surface area contributed by atoms with Crippen molar-refractivity contribution in [1.82, 2.24) is 24.8 Å². The summed E-state index contributed by atoms with van der Waals surface area (Å²) in [5.74, 6) is 0.299. The zero-order valence-corrected chi connectivity index (χ0v) is 11.2. The Hall–Kier alpha value is -3.02. The Morgan fingerprint density at radius 3 is 2.76 bits per heavy atom. The minimum absolute atomic E-state index is 0.256. The van der Waals surface area contributed by atoms with Gasteiger partial charge in [0.15, 0.2) is 5.82 Å². The fraction of sp³-hybridized carbons (Fsp3) is 0.0667. The fourth-order valence-electron chi connectivity index (χ4n) is 1.85. The van der Waals surface area contributed by atoms with E-state index in [1.807, 2.05) is 30.3 Å². The summed E-state index contributed by atoms with van der Waals surface area (Å²) in [6.07, 6.45) is 8.02. The molecular formula is C15H13N5O. The maximum absolute atomic E-state index is 12.1. The molecule has 2 heterocycles. The summed E-state index contributed by atoms with van der Waals surface area (Å²) >= 11 is 0. The molecule has 0 unspecified atom stereocenters. The number of carbonyl (C=O) groups is 1. The summed E-state index contributed by atoms with van der Waals surface area (Å²) < 4.78 is 1.70. The summed E-state index contributed by atoms with van der Waals surface area (Å²) in [5, 5.41) is 2.82. The van der Waals surface area contributed by atoms with Gasteiger partial charge in [-0.25, -0.2) is 9.97 Å². The quantitative estimate of drug-likeness (QED) is 0.787. The van der Waals surface area contributed by atoms with Gasteiger partial charge >= 0.3 is 0 Å². The molecule has 0 saturated carbocycles. The van der Waals surface area contributed by atoms with Crippen LogP contribution in [0.2, 0.25) is 0 Å². The summed E-state index contributed by atoms with van der Waals surface area (Å²) in [6, 6.07) is 9.70. The van der Waals surface area contributed by atoms with Crippen molar-refractivity contribution in [1.29, 1.82) is 0 Å². The van der Waals surface area contributed by atoms with Crippen molar-refractivity contribution < 1.29 is 4.79 Å². The Balaban J connectivity index is 1.72. The van der Waals surface area contributed by atoms with Crippen molar-refractivity contribution in [3.8, 4) is 5.82 Å². The second-order valence-electron chi connectivity index (χ2n) is 4.40. The summed E-state index contributed by atoms with van der Waals surface area (Å²) in [6.45, 7) is 0.455. The highest BCUT2D eigenvalue weighted by Gasteiger charge is 2.09. The standard InChI is InChI=1S/C15H13N5O/c21-15(18-8-12-4-2-1-3-5-12)13-9-17-10-14(19-13)20-7-6-16-11-20/h1-7,9-11H,8H2,(H,18,21). The second kappa shape index (κ2) is 5.96. The van der Waals surface area contributed by atoms with E-state index in [9.17, 15) is 4.79 Å². The number of nitrogens with zero attached hydrogens (tertiary/aromatic N) is 4. The molecule has 3 rings (SSSR count). The van der Waals surface area contributed by atoms with Crippen LogP contribution in [-0.2, 0) is 6.54 Å². The van der Waals surface area contributed by atoms with E-state index < -0.39 is 0 Å². The number of hydrogen-bond acceptors (Lipinski definition) is 4. The maximum Gasteiger partial charge on any atom is 0.271 e. The number of benzene rings is 1. The first-order chi connectivity index (χ1) is 10.3. The third-order valence-electron chi connectivity index (χ3n) is 2.92.